The molecule has 1 aliphatic rings. The van der Waals surface area contributed by atoms with Gasteiger partial charge in [0, 0.05) is 18.7 Å². The topological polar surface area (TPSA) is 80.8 Å². The van der Waals surface area contributed by atoms with Gasteiger partial charge in [0.05, 0.1) is 18.4 Å². The van der Waals surface area contributed by atoms with Crippen LogP contribution in [0.4, 0.5) is 4.39 Å². The van der Waals surface area contributed by atoms with E-state index in [0.717, 1.165) is 19.6 Å². The molecule has 0 radical (unpaired) electrons. The van der Waals surface area contributed by atoms with E-state index in [1.54, 1.807) is 42.5 Å². The van der Waals surface area contributed by atoms with Crippen LogP contribution in [0.1, 0.15) is 40.1 Å². The maximum atomic E-state index is 13.1. The molecular formula is C27H28FN3O4. The van der Waals surface area contributed by atoms with Gasteiger partial charge < -0.3 is 19.7 Å². The van der Waals surface area contributed by atoms with Crippen LogP contribution in [0.3, 0.4) is 0 Å². The predicted octanol–water partition coefficient (Wildman–Crippen LogP) is 4.68. The third kappa shape index (κ3) is 6.64. The highest BCUT2D eigenvalue weighted by Gasteiger charge is 2.17. The summed E-state index contributed by atoms with van der Waals surface area (Å²) in [6.45, 7) is 3.40. The van der Waals surface area contributed by atoms with Gasteiger partial charge in [0.15, 0.2) is 0 Å². The van der Waals surface area contributed by atoms with Crippen molar-refractivity contribution >= 4 is 11.9 Å². The molecule has 7 nitrogen and oxygen atoms in total. The number of carbonyl (C=O) groups is 2. The molecule has 35 heavy (non-hydrogen) atoms. The molecule has 4 rings (SSSR count). The first kappa shape index (κ1) is 24.3. The molecule has 1 N–H and O–H groups in total. The number of methoxy groups -OCH3 is 1. The molecule has 1 aliphatic heterocycles. The van der Waals surface area contributed by atoms with Crippen LogP contribution in [0.15, 0.2) is 60.7 Å². The van der Waals surface area contributed by atoms with E-state index in [9.17, 15) is 14.0 Å². The second kappa shape index (κ2) is 11.6. The molecule has 0 saturated carbocycles. The third-order valence-electron chi connectivity index (χ3n) is 5.84. The Morgan fingerprint density at radius 1 is 0.971 bits per heavy atom. The molecule has 0 aliphatic carbocycles. The predicted molar refractivity (Wildman–Crippen MR) is 130 cm³/mol. The Morgan fingerprint density at radius 2 is 1.63 bits per heavy atom. The quantitative estimate of drug-likeness (QED) is 0.475. The number of amides is 1. The number of benzene rings is 2. The Morgan fingerprint density at radius 3 is 2.29 bits per heavy atom. The average molecular weight is 478 g/mol. The first-order valence-electron chi connectivity index (χ1n) is 11.7. The number of pyridine rings is 1. The van der Waals surface area contributed by atoms with Gasteiger partial charge in [-0.15, -0.1) is 0 Å². The fraction of sp³-hybridized carbons (Fsp3) is 0.296. The van der Waals surface area contributed by atoms with E-state index in [1.807, 2.05) is 0 Å². The van der Waals surface area contributed by atoms with Crippen LogP contribution >= 0.6 is 0 Å². The van der Waals surface area contributed by atoms with Crippen LogP contribution < -0.4 is 10.1 Å². The van der Waals surface area contributed by atoms with Crippen molar-refractivity contribution in [2.75, 3.05) is 33.3 Å². The molecular weight excluding hydrogens is 449 g/mol. The van der Waals surface area contributed by atoms with Crippen LogP contribution in [0, 0.1) is 5.82 Å². The maximum Gasteiger partial charge on any atom is 0.338 e. The summed E-state index contributed by atoms with van der Waals surface area (Å²) in [5.41, 5.74) is 1.55. The average Bonchev–Trinajstić information content (AvgIpc) is 2.90. The highest BCUT2D eigenvalue weighted by Crippen LogP contribution is 2.26. The number of esters is 1. The molecule has 1 fully saturated rings. The first-order chi connectivity index (χ1) is 17.0. The van der Waals surface area contributed by atoms with Crippen molar-refractivity contribution in [2.45, 2.75) is 19.3 Å². The van der Waals surface area contributed by atoms with Crippen molar-refractivity contribution in [1.29, 1.82) is 0 Å². The number of halogens is 1. The number of likely N-dealkylation sites (tertiary alicyclic amines) is 1. The van der Waals surface area contributed by atoms with Crippen molar-refractivity contribution in [3.05, 3.63) is 77.7 Å². The van der Waals surface area contributed by atoms with Gasteiger partial charge in [-0.2, -0.15) is 0 Å². The van der Waals surface area contributed by atoms with Gasteiger partial charge in [0.25, 0.3) is 5.91 Å². The van der Waals surface area contributed by atoms with Crippen LogP contribution in [0.25, 0.3) is 11.3 Å². The maximum absolute atomic E-state index is 13.1. The van der Waals surface area contributed by atoms with Crippen molar-refractivity contribution in [3.8, 4) is 22.8 Å². The number of hydrogen-bond donors (Lipinski definition) is 1. The SMILES string of the molecule is COC(=O)c1cc(C(=O)NCCN2CCCCC2)nc(-c2ccc(Oc3ccc(F)cc3)cc2)c1. The van der Waals surface area contributed by atoms with E-state index in [4.69, 9.17) is 9.47 Å². The molecule has 1 saturated heterocycles. The lowest BCUT2D eigenvalue weighted by Gasteiger charge is -2.26. The van der Waals surface area contributed by atoms with E-state index in [1.165, 1.54) is 44.6 Å². The van der Waals surface area contributed by atoms with E-state index in [0.29, 0.717) is 29.3 Å². The number of aromatic nitrogens is 1. The minimum Gasteiger partial charge on any atom is -0.465 e. The molecule has 2 heterocycles. The molecule has 1 amide bonds. The zero-order chi connectivity index (χ0) is 24.6. The highest BCUT2D eigenvalue weighted by molar-refractivity contribution is 5.97. The number of piperidine rings is 1. The molecule has 0 bridgehead atoms. The number of hydrogen-bond acceptors (Lipinski definition) is 6. The molecule has 0 unspecified atom stereocenters. The number of rotatable bonds is 8. The van der Waals surface area contributed by atoms with E-state index < -0.39 is 5.97 Å². The summed E-state index contributed by atoms with van der Waals surface area (Å²) in [5.74, 6) is -0.165. The highest BCUT2D eigenvalue weighted by atomic mass is 19.1. The Kier molecular flexibility index (Phi) is 8.05. The zero-order valence-electron chi connectivity index (χ0n) is 19.6. The number of carbonyl (C=O) groups excluding carboxylic acids is 2. The van der Waals surface area contributed by atoms with Gasteiger partial charge in [-0.25, -0.2) is 14.2 Å². The van der Waals surface area contributed by atoms with E-state index in [-0.39, 0.29) is 23.0 Å². The number of nitrogens with zero attached hydrogens (tertiary/aromatic N) is 2. The fourth-order valence-corrected chi connectivity index (χ4v) is 3.96. The molecule has 1 aromatic heterocycles. The summed E-state index contributed by atoms with van der Waals surface area (Å²) >= 11 is 0. The lowest BCUT2D eigenvalue weighted by molar-refractivity contribution is 0.0600. The first-order valence-corrected chi connectivity index (χ1v) is 11.7. The second-order valence-electron chi connectivity index (χ2n) is 8.36. The van der Waals surface area contributed by atoms with Gasteiger partial charge in [0.1, 0.15) is 23.0 Å². The standard InChI is InChI=1S/C27H28FN3O4/c1-34-27(33)20-17-24(19-5-9-22(10-6-19)35-23-11-7-21(28)8-12-23)30-25(18-20)26(32)29-13-16-31-14-3-2-4-15-31/h5-12,17-18H,2-4,13-16H2,1H3,(H,29,32). The zero-order valence-corrected chi connectivity index (χ0v) is 19.6. The van der Waals surface area contributed by atoms with Gasteiger partial charge in [-0.05, 0) is 86.6 Å². The lowest BCUT2D eigenvalue weighted by atomic mass is 10.1. The molecule has 0 atom stereocenters. The summed E-state index contributed by atoms with van der Waals surface area (Å²) in [5, 5.41) is 2.91. The Hall–Kier alpha value is -3.78. The van der Waals surface area contributed by atoms with Crippen LogP contribution in [-0.2, 0) is 4.74 Å². The molecule has 182 valence electrons. The van der Waals surface area contributed by atoms with Crippen molar-refractivity contribution in [1.82, 2.24) is 15.2 Å². The van der Waals surface area contributed by atoms with Crippen molar-refractivity contribution < 1.29 is 23.5 Å². The molecule has 2 aromatic carbocycles. The lowest BCUT2D eigenvalue weighted by Crippen LogP contribution is -2.37. The Labute approximate surface area is 203 Å². The molecule has 8 heteroatoms. The van der Waals surface area contributed by atoms with Gasteiger partial charge in [-0.3, -0.25) is 4.79 Å². The largest absolute Gasteiger partial charge is 0.465 e. The minimum absolute atomic E-state index is 0.146. The van der Waals surface area contributed by atoms with Gasteiger partial charge in [-0.1, -0.05) is 6.42 Å². The molecule has 3 aromatic rings. The Balaban J connectivity index is 1.49. The Bertz CT molecular complexity index is 1160. The summed E-state index contributed by atoms with van der Waals surface area (Å²) in [4.78, 5) is 31.9. The van der Waals surface area contributed by atoms with Crippen LogP contribution in [0.5, 0.6) is 11.5 Å². The summed E-state index contributed by atoms with van der Waals surface area (Å²) in [6, 6.07) is 15.8. The monoisotopic (exact) mass is 477 g/mol. The van der Waals surface area contributed by atoms with Gasteiger partial charge >= 0.3 is 5.97 Å². The number of ether oxygens (including phenoxy) is 2. The minimum atomic E-state index is -0.549. The van der Waals surface area contributed by atoms with E-state index >= 15 is 0 Å². The fourth-order valence-electron chi connectivity index (χ4n) is 3.96. The summed E-state index contributed by atoms with van der Waals surface area (Å²) < 4.78 is 23.7. The third-order valence-corrected chi connectivity index (χ3v) is 5.84. The van der Waals surface area contributed by atoms with Gasteiger partial charge in [0.2, 0.25) is 0 Å². The molecule has 0 spiro atoms. The second-order valence-corrected chi connectivity index (χ2v) is 8.36. The normalized spacial score (nSPS) is 13.8. The smallest absolute Gasteiger partial charge is 0.338 e. The number of nitrogens with one attached hydrogen (secondary N) is 1. The summed E-state index contributed by atoms with van der Waals surface area (Å²) in [7, 11) is 1.29. The van der Waals surface area contributed by atoms with Crippen LogP contribution in [0.2, 0.25) is 0 Å². The van der Waals surface area contributed by atoms with Crippen molar-refractivity contribution in [2.24, 2.45) is 0 Å². The van der Waals surface area contributed by atoms with E-state index in [2.05, 4.69) is 15.2 Å². The van der Waals surface area contributed by atoms with Crippen LogP contribution in [-0.4, -0.2) is 55.0 Å². The van der Waals surface area contributed by atoms with Crippen molar-refractivity contribution in [3.63, 3.8) is 0 Å². The summed E-state index contributed by atoms with van der Waals surface area (Å²) in [6.07, 6.45) is 3.64.